The molecule has 31 heavy (non-hydrogen) atoms. The smallest absolute Gasteiger partial charge is 0.336 e. The fourth-order valence-corrected chi connectivity index (χ4v) is 3.27. The lowest BCUT2D eigenvalue weighted by atomic mass is 10.2. The number of hydrazone groups is 1. The maximum absolute atomic E-state index is 12.2. The van der Waals surface area contributed by atoms with Gasteiger partial charge in [-0.2, -0.15) is 13.5 Å². The first-order valence-electron chi connectivity index (χ1n) is 9.20. The third-order valence-corrected chi connectivity index (χ3v) is 5.30. The molecule has 1 N–H and O–H groups in total. The van der Waals surface area contributed by atoms with Crippen LogP contribution >= 0.6 is 0 Å². The van der Waals surface area contributed by atoms with Gasteiger partial charge in [0.15, 0.2) is 0 Å². The zero-order valence-electron chi connectivity index (χ0n) is 16.6. The van der Waals surface area contributed by atoms with Crippen molar-refractivity contribution in [2.45, 2.75) is 4.90 Å². The number of nitrogens with one attached hydrogen (secondary N) is 1. The molecule has 8 heteroatoms. The van der Waals surface area contributed by atoms with Crippen LogP contribution in [0, 0.1) is 0 Å². The van der Waals surface area contributed by atoms with E-state index in [-0.39, 0.29) is 4.90 Å². The third kappa shape index (κ3) is 6.55. The second-order valence-corrected chi connectivity index (χ2v) is 7.92. The molecule has 0 spiro atoms. The van der Waals surface area contributed by atoms with Gasteiger partial charge in [-0.05, 0) is 65.7 Å². The van der Waals surface area contributed by atoms with E-state index in [0.717, 1.165) is 5.56 Å². The minimum atomic E-state index is -3.79. The van der Waals surface area contributed by atoms with Crippen LogP contribution in [0.25, 0.3) is 6.08 Å². The van der Waals surface area contributed by atoms with Gasteiger partial charge in [0, 0.05) is 6.08 Å². The second-order valence-electron chi connectivity index (χ2n) is 6.26. The monoisotopic (exact) mass is 436 g/mol. The summed E-state index contributed by atoms with van der Waals surface area (Å²) in [7, 11) is -2.29. The predicted molar refractivity (Wildman–Crippen MR) is 118 cm³/mol. The number of carbonyl (C=O) groups excluding carboxylic acids is 1. The molecule has 0 aliphatic heterocycles. The Kier molecular flexibility index (Phi) is 7.18. The molecule has 0 aliphatic rings. The molecule has 0 radical (unpaired) electrons. The topological polar surface area (TPSA) is 94.1 Å². The second kappa shape index (κ2) is 10.2. The highest BCUT2D eigenvalue weighted by Crippen LogP contribution is 2.15. The predicted octanol–water partition coefficient (Wildman–Crippen LogP) is 3.63. The summed E-state index contributed by atoms with van der Waals surface area (Å²) in [5.74, 6) is 0.412. The molecule has 3 aromatic carbocycles. The fraction of sp³-hybridized carbons (Fsp3) is 0.0435. The molecule has 0 unspecified atom stereocenters. The van der Waals surface area contributed by atoms with Crippen LogP contribution in [0.4, 0.5) is 0 Å². The first kappa shape index (κ1) is 21.8. The van der Waals surface area contributed by atoms with Gasteiger partial charge in [-0.25, -0.2) is 9.63 Å². The van der Waals surface area contributed by atoms with Gasteiger partial charge in [-0.15, -0.1) is 0 Å². The van der Waals surface area contributed by atoms with Gasteiger partial charge in [0.05, 0.1) is 18.2 Å². The minimum Gasteiger partial charge on any atom is -0.497 e. The maximum Gasteiger partial charge on any atom is 0.336 e. The number of esters is 1. The molecule has 0 atom stereocenters. The molecule has 0 bridgehead atoms. The maximum atomic E-state index is 12.2. The lowest BCUT2D eigenvalue weighted by molar-refractivity contribution is -0.128. The van der Waals surface area contributed by atoms with Crippen LogP contribution in [0.5, 0.6) is 11.5 Å². The number of nitrogens with zero attached hydrogens (tertiary/aromatic N) is 1. The molecule has 0 fully saturated rings. The molecule has 0 aliphatic carbocycles. The summed E-state index contributed by atoms with van der Waals surface area (Å²) in [4.78, 5) is 14.1. The average Bonchev–Trinajstić information content (AvgIpc) is 2.79. The minimum absolute atomic E-state index is 0.0660. The lowest BCUT2D eigenvalue weighted by Crippen LogP contribution is -2.18. The Balaban J connectivity index is 1.55. The summed E-state index contributed by atoms with van der Waals surface area (Å²) < 4.78 is 34.7. The van der Waals surface area contributed by atoms with Gasteiger partial charge in [-0.1, -0.05) is 30.3 Å². The highest BCUT2D eigenvalue weighted by molar-refractivity contribution is 7.89. The molecule has 0 aromatic heterocycles. The summed E-state index contributed by atoms with van der Waals surface area (Å²) in [6.07, 6.45) is 4.36. The van der Waals surface area contributed by atoms with Crippen LogP contribution in [0.15, 0.2) is 94.9 Å². The summed E-state index contributed by atoms with van der Waals surface area (Å²) in [6, 6.07) is 21.8. The quantitative estimate of drug-likeness (QED) is 0.191. The number of sulfonamides is 1. The number of rotatable bonds is 8. The molecule has 3 rings (SSSR count). The van der Waals surface area contributed by atoms with E-state index in [0.29, 0.717) is 17.1 Å². The van der Waals surface area contributed by atoms with Gasteiger partial charge in [0.25, 0.3) is 10.0 Å². The number of hydrogen-bond acceptors (Lipinski definition) is 6. The Morgan fingerprint density at radius 1 is 0.871 bits per heavy atom. The Labute approximate surface area is 180 Å². The molecule has 0 amide bonds. The van der Waals surface area contributed by atoms with Crippen molar-refractivity contribution in [2.24, 2.45) is 5.10 Å². The lowest BCUT2D eigenvalue weighted by Gasteiger charge is -2.05. The molecule has 0 saturated carbocycles. The fourth-order valence-electron chi connectivity index (χ4n) is 2.48. The molecule has 0 heterocycles. The highest BCUT2D eigenvalue weighted by atomic mass is 32.2. The third-order valence-electron chi connectivity index (χ3n) is 4.07. The summed E-state index contributed by atoms with van der Waals surface area (Å²) in [5.41, 5.74) is 1.51. The van der Waals surface area contributed by atoms with E-state index >= 15 is 0 Å². The normalized spacial score (nSPS) is 11.5. The van der Waals surface area contributed by atoms with E-state index in [1.54, 1.807) is 42.5 Å². The van der Waals surface area contributed by atoms with Crippen molar-refractivity contribution < 1.29 is 22.7 Å². The Hall–Kier alpha value is -3.91. The van der Waals surface area contributed by atoms with E-state index in [9.17, 15) is 13.2 Å². The van der Waals surface area contributed by atoms with Gasteiger partial charge < -0.3 is 9.47 Å². The molecule has 0 saturated heterocycles. The van der Waals surface area contributed by atoms with Crippen molar-refractivity contribution in [3.05, 3.63) is 96.1 Å². The molecular weight excluding hydrogens is 416 g/mol. The van der Waals surface area contributed by atoms with E-state index in [1.807, 2.05) is 30.3 Å². The average molecular weight is 436 g/mol. The van der Waals surface area contributed by atoms with Crippen molar-refractivity contribution in [3.63, 3.8) is 0 Å². The Morgan fingerprint density at radius 2 is 1.52 bits per heavy atom. The van der Waals surface area contributed by atoms with Gasteiger partial charge in [-0.3, -0.25) is 0 Å². The number of carbonyl (C=O) groups is 1. The summed E-state index contributed by atoms with van der Waals surface area (Å²) in [6.45, 7) is 0. The van der Waals surface area contributed by atoms with Crippen LogP contribution in [-0.4, -0.2) is 27.7 Å². The number of ether oxygens (including phenoxy) is 2. The highest BCUT2D eigenvalue weighted by Gasteiger charge is 2.12. The van der Waals surface area contributed by atoms with Crippen LogP contribution in [-0.2, 0) is 14.8 Å². The molecule has 3 aromatic rings. The van der Waals surface area contributed by atoms with Crippen molar-refractivity contribution in [2.75, 3.05) is 7.11 Å². The van der Waals surface area contributed by atoms with Crippen molar-refractivity contribution in [1.29, 1.82) is 0 Å². The van der Waals surface area contributed by atoms with Crippen LogP contribution in [0.3, 0.4) is 0 Å². The van der Waals surface area contributed by atoms with Crippen molar-refractivity contribution in [3.8, 4) is 11.5 Å². The van der Waals surface area contributed by atoms with E-state index in [4.69, 9.17) is 9.47 Å². The largest absolute Gasteiger partial charge is 0.497 e. The Bertz CT molecular complexity index is 1170. The first-order chi connectivity index (χ1) is 15.0. The number of methoxy groups -OCH3 is 1. The molecule has 7 nitrogen and oxygen atoms in total. The van der Waals surface area contributed by atoms with Crippen LogP contribution in [0.2, 0.25) is 0 Å². The Morgan fingerprint density at radius 3 is 2.16 bits per heavy atom. The zero-order chi connectivity index (χ0) is 22.1. The van der Waals surface area contributed by atoms with Gasteiger partial charge >= 0.3 is 5.97 Å². The van der Waals surface area contributed by atoms with Crippen molar-refractivity contribution in [1.82, 2.24) is 4.83 Å². The SMILES string of the molecule is COc1ccc(S(=O)(=O)N/N=C/c2ccc(OC(=O)/C=C/c3ccccc3)cc2)cc1. The molecular formula is C23H20N2O5S. The zero-order valence-corrected chi connectivity index (χ0v) is 17.5. The standard InChI is InChI=1S/C23H20N2O5S/c1-29-20-12-14-22(15-13-20)31(27,28)25-24-17-19-7-10-21(11-8-19)30-23(26)16-9-18-5-3-2-4-6-18/h2-17,25H,1H3/b16-9+,24-17+. The van der Waals surface area contributed by atoms with E-state index < -0.39 is 16.0 Å². The first-order valence-corrected chi connectivity index (χ1v) is 10.7. The van der Waals surface area contributed by atoms with Crippen molar-refractivity contribution >= 4 is 28.3 Å². The van der Waals surface area contributed by atoms with Gasteiger partial charge in [0.1, 0.15) is 11.5 Å². The van der Waals surface area contributed by atoms with E-state index in [1.165, 1.54) is 31.5 Å². The van der Waals surface area contributed by atoms with Gasteiger partial charge in [0.2, 0.25) is 0 Å². The summed E-state index contributed by atoms with van der Waals surface area (Å²) in [5, 5.41) is 3.77. The number of hydrogen-bond donors (Lipinski definition) is 1. The van der Waals surface area contributed by atoms with Crippen LogP contribution < -0.4 is 14.3 Å². The molecule has 158 valence electrons. The number of benzene rings is 3. The summed E-state index contributed by atoms with van der Waals surface area (Å²) >= 11 is 0. The van der Waals surface area contributed by atoms with Crippen LogP contribution in [0.1, 0.15) is 11.1 Å². The van der Waals surface area contributed by atoms with E-state index in [2.05, 4.69) is 9.93 Å².